The molecule has 0 fully saturated rings. The highest BCUT2D eigenvalue weighted by Gasteiger charge is 2.21. The summed E-state index contributed by atoms with van der Waals surface area (Å²) >= 11 is 6.42. The topological polar surface area (TPSA) is 72.2 Å². The number of thiophene rings is 1. The molecule has 1 aromatic heterocycles. The molecular formula is C14H16N2O2S3. The highest BCUT2D eigenvalue weighted by atomic mass is 32.2. The predicted octanol–water partition coefficient (Wildman–Crippen LogP) is 2.73. The molecule has 0 radical (unpaired) electrons. The average Bonchev–Trinajstić information content (AvgIpc) is 2.92. The lowest BCUT2D eigenvalue weighted by Gasteiger charge is -2.15. The van der Waals surface area contributed by atoms with Crippen LogP contribution in [0.25, 0.3) is 0 Å². The van der Waals surface area contributed by atoms with E-state index in [9.17, 15) is 8.42 Å². The Hall–Kier alpha value is -1.28. The first kappa shape index (κ1) is 16.1. The van der Waals surface area contributed by atoms with E-state index in [0.717, 1.165) is 4.88 Å². The van der Waals surface area contributed by atoms with Crippen LogP contribution in [0.4, 0.5) is 0 Å². The normalized spacial score (nSPS) is 13.0. The van der Waals surface area contributed by atoms with Crippen molar-refractivity contribution >= 4 is 38.6 Å². The maximum Gasteiger partial charge on any atom is 0.241 e. The smallest absolute Gasteiger partial charge is 0.241 e. The van der Waals surface area contributed by atoms with E-state index in [1.54, 1.807) is 19.1 Å². The summed E-state index contributed by atoms with van der Waals surface area (Å²) in [7, 11) is -3.63. The summed E-state index contributed by atoms with van der Waals surface area (Å²) in [6.07, 6.45) is 0. The van der Waals surface area contributed by atoms with E-state index in [-0.39, 0.29) is 15.9 Å². The summed E-state index contributed by atoms with van der Waals surface area (Å²) < 4.78 is 27.8. The first-order valence-corrected chi connectivity index (χ1v) is 9.04. The number of nitrogens with two attached hydrogens (primary N) is 1. The highest BCUT2D eigenvalue weighted by molar-refractivity contribution is 7.89. The number of thiocarbonyl (C=S) groups is 1. The van der Waals surface area contributed by atoms with Gasteiger partial charge in [-0.1, -0.05) is 30.4 Å². The molecule has 112 valence electrons. The standard InChI is InChI=1S/C14H16N2O2S3/c1-9-5-6-11(14(15)19)8-13(9)21(17,18)16-10(2)12-4-3-7-20-12/h3-8,10,16H,1-2H3,(H2,15,19). The first-order valence-electron chi connectivity index (χ1n) is 6.27. The van der Waals surface area contributed by atoms with Crippen LogP contribution in [0.1, 0.15) is 29.0 Å². The van der Waals surface area contributed by atoms with Gasteiger partial charge in [0.25, 0.3) is 0 Å². The summed E-state index contributed by atoms with van der Waals surface area (Å²) in [4.78, 5) is 1.34. The van der Waals surface area contributed by atoms with E-state index in [1.165, 1.54) is 17.4 Å². The van der Waals surface area contributed by atoms with Crippen molar-refractivity contribution < 1.29 is 8.42 Å². The Morgan fingerprint density at radius 2 is 2.10 bits per heavy atom. The van der Waals surface area contributed by atoms with Crippen molar-refractivity contribution in [2.75, 3.05) is 0 Å². The number of nitrogens with one attached hydrogen (secondary N) is 1. The minimum atomic E-state index is -3.63. The molecule has 7 heteroatoms. The number of rotatable bonds is 5. The van der Waals surface area contributed by atoms with Crippen LogP contribution in [0.3, 0.4) is 0 Å². The number of benzene rings is 1. The van der Waals surface area contributed by atoms with Gasteiger partial charge in [0.2, 0.25) is 10.0 Å². The van der Waals surface area contributed by atoms with Gasteiger partial charge in [0, 0.05) is 10.4 Å². The van der Waals surface area contributed by atoms with Crippen LogP contribution in [-0.2, 0) is 10.0 Å². The number of aryl methyl sites for hydroxylation is 1. The highest BCUT2D eigenvalue weighted by Crippen LogP contribution is 2.23. The average molecular weight is 340 g/mol. The van der Waals surface area contributed by atoms with Gasteiger partial charge in [-0.25, -0.2) is 13.1 Å². The molecule has 3 N–H and O–H groups in total. The van der Waals surface area contributed by atoms with Gasteiger partial charge in [0.05, 0.1) is 10.9 Å². The molecule has 2 rings (SSSR count). The number of hydrogen-bond donors (Lipinski definition) is 2. The van der Waals surface area contributed by atoms with Crippen molar-refractivity contribution in [2.45, 2.75) is 24.8 Å². The quantitative estimate of drug-likeness (QED) is 0.821. The third-order valence-corrected chi connectivity index (χ3v) is 6.04. The van der Waals surface area contributed by atoms with Crippen molar-refractivity contribution in [1.82, 2.24) is 4.72 Å². The molecule has 4 nitrogen and oxygen atoms in total. The summed E-state index contributed by atoms with van der Waals surface area (Å²) in [5.74, 6) is 0. The molecule has 21 heavy (non-hydrogen) atoms. The molecule has 0 bridgehead atoms. The lowest BCUT2D eigenvalue weighted by atomic mass is 10.1. The SMILES string of the molecule is Cc1ccc(C(N)=S)cc1S(=O)(=O)NC(C)c1cccs1. The van der Waals surface area contributed by atoms with Crippen LogP contribution in [0.2, 0.25) is 0 Å². The van der Waals surface area contributed by atoms with Gasteiger partial charge in [-0.2, -0.15) is 0 Å². The molecular weight excluding hydrogens is 324 g/mol. The zero-order valence-electron chi connectivity index (χ0n) is 11.7. The maximum absolute atomic E-state index is 12.5. The number of hydrogen-bond acceptors (Lipinski definition) is 4. The second kappa shape index (κ2) is 6.23. The third kappa shape index (κ3) is 3.68. The minimum absolute atomic E-state index is 0.178. The Bertz CT molecular complexity index is 753. The molecule has 1 atom stereocenters. The van der Waals surface area contributed by atoms with E-state index in [2.05, 4.69) is 4.72 Å². The largest absolute Gasteiger partial charge is 0.389 e. The van der Waals surface area contributed by atoms with Crippen molar-refractivity contribution in [3.8, 4) is 0 Å². The van der Waals surface area contributed by atoms with Gasteiger partial charge in [0.15, 0.2) is 0 Å². The van der Waals surface area contributed by atoms with Crippen LogP contribution in [0.5, 0.6) is 0 Å². The molecule has 1 unspecified atom stereocenters. The zero-order valence-corrected chi connectivity index (χ0v) is 14.1. The maximum atomic E-state index is 12.5. The van der Waals surface area contributed by atoms with Crippen LogP contribution < -0.4 is 10.5 Å². The fraction of sp³-hybridized carbons (Fsp3) is 0.214. The first-order chi connectivity index (χ1) is 9.81. The lowest BCUT2D eigenvalue weighted by molar-refractivity contribution is 0.568. The predicted molar refractivity (Wildman–Crippen MR) is 90.1 cm³/mol. The molecule has 0 aliphatic heterocycles. The third-order valence-electron chi connectivity index (χ3n) is 3.06. The molecule has 2 aromatic rings. The molecule has 0 spiro atoms. The van der Waals surface area contributed by atoms with Crippen LogP contribution in [0.15, 0.2) is 40.6 Å². The Balaban J connectivity index is 2.35. The lowest BCUT2D eigenvalue weighted by Crippen LogP contribution is -2.27. The number of sulfonamides is 1. The van der Waals surface area contributed by atoms with Crippen molar-refractivity contribution in [3.63, 3.8) is 0 Å². The van der Waals surface area contributed by atoms with E-state index < -0.39 is 10.0 Å². The summed E-state index contributed by atoms with van der Waals surface area (Å²) in [6, 6.07) is 8.45. The van der Waals surface area contributed by atoms with Gasteiger partial charge in [-0.3, -0.25) is 0 Å². The van der Waals surface area contributed by atoms with Gasteiger partial charge in [-0.05, 0) is 36.9 Å². The summed E-state index contributed by atoms with van der Waals surface area (Å²) in [5, 5.41) is 1.92. The Labute approximate surface area is 134 Å². The van der Waals surface area contributed by atoms with E-state index in [4.69, 9.17) is 18.0 Å². The zero-order chi connectivity index (χ0) is 15.6. The molecule has 0 saturated heterocycles. The molecule has 0 aliphatic rings. The second-order valence-corrected chi connectivity index (χ2v) is 7.80. The van der Waals surface area contributed by atoms with Crippen LogP contribution in [0, 0.1) is 6.92 Å². The van der Waals surface area contributed by atoms with E-state index in [1.807, 2.05) is 24.4 Å². The van der Waals surface area contributed by atoms with E-state index in [0.29, 0.717) is 11.1 Å². The fourth-order valence-corrected chi connectivity index (χ4v) is 4.36. The molecule has 1 aromatic carbocycles. The van der Waals surface area contributed by atoms with Crippen LogP contribution in [-0.4, -0.2) is 13.4 Å². The molecule has 1 heterocycles. The molecule has 0 amide bonds. The van der Waals surface area contributed by atoms with Gasteiger partial charge < -0.3 is 5.73 Å². The van der Waals surface area contributed by atoms with Crippen molar-refractivity contribution in [1.29, 1.82) is 0 Å². The van der Waals surface area contributed by atoms with Crippen molar-refractivity contribution in [3.05, 3.63) is 51.7 Å². The molecule has 0 saturated carbocycles. The second-order valence-electron chi connectivity index (χ2n) is 4.70. The summed E-state index contributed by atoms with van der Waals surface area (Å²) in [6.45, 7) is 3.56. The Morgan fingerprint density at radius 3 is 2.67 bits per heavy atom. The van der Waals surface area contributed by atoms with E-state index >= 15 is 0 Å². The Morgan fingerprint density at radius 1 is 1.38 bits per heavy atom. The van der Waals surface area contributed by atoms with Gasteiger partial charge >= 0.3 is 0 Å². The molecule has 0 aliphatic carbocycles. The summed E-state index contributed by atoms with van der Waals surface area (Å²) in [5.41, 5.74) is 6.77. The monoisotopic (exact) mass is 340 g/mol. The van der Waals surface area contributed by atoms with Gasteiger partial charge in [-0.15, -0.1) is 11.3 Å². The van der Waals surface area contributed by atoms with Crippen LogP contribution >= 0.6 is 23.6 Å². The van der Waals surface area contributed by atoms with Gasteiger partial charge in [0.1, 0.15) is 4.99 Å². The van der Waals surface area contributed by atoms with Crippen molar-refractivity contribution in [2.24, 2.45) is 5.73 Å². The fourth-order valence-electron chi connectivity index (χ4n) is 1.93. The Kier molecular flexibility index (Phi) is 4.77. The minimum Gasteiger partial charge on any atom is -0.389 e.